The minimum absolute atomic E-state index is 0. The largest absolute Gasteiger partial charge is 2.00 e. The van der Waals surface area contributed by atoms with Gasteiger partial charge in [0.2, 0.25) is 0 Å². The Hall–Kier alpha value is 0.0732. The van der Waals surface area contributed by atoms with Crippen LogP contribution in [0, 0.1) is 86.1 Å². The molecule has 0 spiro atoms. The molecule has 2 aliphatic rings. The van der Waals surface area contributed by atoms with Crippen LogP contribution in [0.2, 0.25) is 39.3 Å². The monoisotopic (exact) mass is 378 g/mol. The van der Waals surface area contributed by atoms with E-state index in [0.29, 0.717) is 0 Å². The maximum absolute atomic E-state index is 3.31. The number of hydrogen-bond acceptors (Lipinski definition) is 0. The molecule has 2 saturated carbocycles. The summed E-state index contributed by atoms with van der Waals surface area (Å²) in [5.74, 6) is 8.64. The minimum atomic E-state index is -1.17. The van der Waals surface area contributed by atoms with Gasteiger partial charge >= 0.3 is 17.1 Å². The van der Waals surface area contributed by atoms with Crippen molar-refractivity contribution in [3.8, 4) is 22.9 Å². The van der Waals surface area contributed by atoms with E-state index in [4.69, 9.17) is 0 Å². The molecule has 10 radical (unpaired) electrons. The third-order valence-electron chi connectivity index (χ3n) is 2.49. The van der Waals surface area contributed by atoms with Crippen LogP contribution in [0.25, 0.3) is 0 Å². The van der Waals surface area contributed by atoms with Gasteiger partial charge in [0.1, 0.15) is 16.1 Å². The summed E-state index contributed by atoms with van der Waals surface area (Å²) in [7, 11) is -2.35. The van der Waals surface area contributed by atoms with Crippen LogP contribution < -0.4 is 0 Å². The van der Waals surface area contributed by atoms with Crippen LogP contribution in [0.4, 0.5) is 0 Å². The average molecular weight is 378 g/mol. The summed E-state index contributed by atoms with van der Waals surface area (Å²) in [4.78, 5) is 0. The Balaban J connectivity index is 0.000000403. The molecule has 0 amide bonds. The predicted octanol–water partition coefficient (Wildman–Crippen LogP) is 4.54. The van der Waals surface area contributed by atoms with Crippen molar-refractivity contribution in [2.75, 3.05) is 0 Å². The zero-order valence-electron chi connectivity index (χ0n) is 15.0. The molecule has 0 nitrogen and oxygen atoms in total. The number of hydrogen-bond donors (Lipinski definition) is 0. The van der Waals surface area contributed by atoms with Gasteiger partial charge in [-0.05, 0) is 51.4 Å². The third kappa shape index (κ3) is 13.1. The fraction of sp³-hybridized carbons (Fsp3) is 0.300. The summed E-state index contributed by atoms with van der Waals surface area (Å²) in [6, 6.07) is 0. The van der Waals surface area contributed by atoms with Gasteiger partial charge < -0.3 is 0 Å². The van der Waals surface area contributed by atoms with Crippen LogP contribution in [-0.2, 0) is 17.1 Å². The molecule has 0 aromatic rings. The maximum Gasteiger partial charge on any atom is 2.00 e. The second-order valence-electron chi connectivity index (χ2n) is 7.35. The van der Waals surface area contributed by atoms with Crippen LogP contribution >= 0.6 is 0 Å². The van der Waals surface area contributed by atoms with E-state index in [9.17, 15) is 0 Å². The molecular weight excluding hydrogens is 352 g/mol. The molecule has 3 heteroatoms. The Bertz CT molecular complexity index is 392. The fourth-order valence-corrected chi connectivity index (χ4v) is 2.47. The molecule has 23 heavy (non-hydrogen) atoms. The minimum Gasteiger partial charge on any atom is -0.131 e. The van der Waals surface area contributed by atoms with E-state index in [1.807, 2.05) is 51.4 Å². The molecule has 0 heterocycles. The molecule has 0 aromatic carbocycles. The average Bonchev–Trinajstić information content (AvgIpc) is 3.07. The molecule has 0 N–H and O–H groups in total. The predicted molar refractivity (Wildman–Crippen MR) is 103 cm³/mol. The van der Waals surface area contributed by atoms with E-state index < -0.39 is 16.1 Å². The smallest absolute Gasteiger partial charge is 0.131 e. The van der Waals surface area contributed by atoms with E-state index in [1.54, 1.807) is 0 Å². The summed E-state index contributed by atoms with van der Waals surface area (Å²) >= 11 is 0. The zero-order chi connectivity index (χ0) is 16.6. The molecule has 120 valence electrons. The van der Waals surface area contributed by atoms with Gasteiger partial charge in [-0.25, -0.2) is 0 Å². The van der Waals surface area contributed by atoms with Gasteiger partial charge in [-0.3, -0.25) is 0 Å². The molecule has 0 unspecified atom stereocenters. The summed E-state index contributed by atoms with van der Waals surface area (Å²) < 4.78 is 0. The summed E-state index contributed by atoms with van der Waals surface area (Å²) in [5.41, 5.74) is 6.63. The third-order valence-corrected chi connectivity index (χ3v) is 4.24. The summed E-state index contributed by atoms with van der Waals surface area (Å²) in [6.45, 7) is 13.5. The molecule has 0 saturated heterocycles. The Labute approximate surface area is 158 Å². The van der Waals surface area contributed by atoms with Crippen LogP contribution in [0.1, 0.15) is 0 Å². The zero-order valence-corrected chi connectivity index (χ0v) is 18.1. The Morgan fingerprint density at radius 3 is 1.04 bits per heavy atom. The molecular formula is C20H26FeSi2+2. The van der Waals surface area contributed by atoms with Gasteiger partial charge in [0, 0.05) is 0 Å². The Morgan fingerprint density at radius 1 is 0.565 bits per heavy atom. The van der Waals surface area contributed by atoms with Crippen molar-refractivity contribution in [1.29, 1.82) is 0 Å². The van der Waals surface area contributed by atoms with Crippen LogP contribution in [-0.4, -0.2) is 16.1 Å². The molecule has 2 rings (SSSR count). The first-order valence-electron chi connectivity index (χ1n) is 7.65. The van der Waals surface area contributed by atoms with E-state index in [0.717, 1.165) is 11.8 Å². The first-order valence-corrected chi connectivity index (χ1v) is 14.7. The van der Waals surface area contributed by atoms with Gasteiger partial charge in [0.25, 0.3) is 0 Å². The second kappa shape index (κ2) is 10.8. The molecule has 0 aromatic heterocycles. The van der Waals surface area contributed by atoms with Crippen molar-refractivity contribution in [1.82, 2.24) is 0 Å². The summed E-state index contributed by atoms with van der Waals surface area (Å²) in [6.07, 6.45) is 16.3. The first-order chi connectivity index (χ1) is 10.2. The Morgan fingerprint density at radius 2 is 0.826 bits per heavy atom. The Kier molecular flexibility index (Phi) is 10.9. The number of rotatable bonds is 0. The standard InChI is InChI=1S/2C10H13Si.Fe/c2*1-11(2,3)9-8-10-6-4-5-7-10;/h2*4-7H,1-3H3;/q;;+2. The summed E-state index contributed by atoms with van der Waals surface area (Å²) in [5, 5.41) is 0. The van der Waals surface area contributed by atoms with Crippen molar-refractivity contribution >= 4 is 16.1 Å². The van der Waals surface area contributed by atoms with Gasteiger partial charge in [-0.15, -0.1) is 22.9 Å². The van der Waals surface area contributed by atoms with Crippen LogP contribution in [0.3, 0.4) is 0 Å². The van der Waals surface area contributed by atoms with Crippen molar-refractivity contribution in [2.24, 2.45) is 0 Å². The fourth-order valence-electron chi connectivity index (χ4n) is 1.43. The van der Waals surface area contributed by atoms with Crippen molar-refractivity contribution in [2.45, 2.75) is 39.3 Å². The van der Waals surface area contributed by atoms with Crippen LogP contribution in [0.15, 0.2) is 0 Å². The van der Waals surface area contributed by atoms with Crippen molar-refractivity contribution < 1.29 is 17.1 Å². The van der Waals surface area contributed by atoms with Gasteiger partial charge in [-0.1, -0.05) is 39.3 Å². The van der Waals surface area contributed by atoms with Crippen molar-refractivity contribution in [3.63, 3.8) is 0 Å². The molecule has 0 aliphatic heterocycles. The van der Waals surface area contributed by atoms with Crippen molar-refractivity contribution in [3.05, 3.63) is 63.2 Å². The van der Waals surface area contributed by atoms with E-state index in [-0.39, 0.29) is 17.1 Å². The molecule has 0 bridgehead atoms. The van der Waals surface area contributed by atoms with Gasteiger partial charge in [0.05, 0.1) is 11.8 Å². The van der Waals surface area contributed by atoms with Gasteiger partial charge in [0.15, 0.2) is 0 Å². The maximum atomic E-state index is 3.31. The SMILES string of the molecule is C[Si](C)(C)C#C[C]1[CH][CH][CH][CH]1.C[Si](C)(C)C#C[C]1[CH][CH][CH][CH]1.[Fe+2]. The van der Waals surface area contributed by atoms with E-state index in [1.165, 1.54) is 0 Å². The topological polar surface area (TPSA) is 0 Å². The van der Waals surface area contributed by atoms with Crippen LogP contribution in [0.5, 0.6) is 0 Å². The van der Waals surface area contributed by atoms with E-state index >= 15 is 0 Å². The molecule has 2 fully saturated rings. The van der Waals surface area contributed by atoms with Gasteiger partial charge in [-0.2, -0.15) is 0 Å². The second-order valence-corrected chi connectivity index (χ2v) is 16.8. The van der Waals surface area contributed by atoms with E-state index in [2.05, 4.69) is 62.2 Å². The quantitative estimate of drug-likeness (QED) is 0.429. The molecule has 0 atom stereocenters. The first kappa shape index (κ1) is 23.1. The molecule has 2 aliphatic carbocycles. The normalized spacial score (nSPS) is 18.7.